The second-order valence-corrected chi connectivity index (χ2v) is 9.42. The van der Waals surface area contributed by atoms with E-state index >= 15 is 0 Å². The Balaban J connectivity index is 1.52. The summed E-state index contributed by atoms with van der Waals surface area (Å²) in [6.45, 7) is 6.02. The van der Waals surface area contributed by atoms with Crippen LogP contribution in [0, 0.1) is 12.3 Å². The predicted molar refractivity (Wildman–Crippen MR) is 124 cm³/mol. The summed E-state index contributed by atoms with van der Waals surface area (Å²) in [7, 11) is 0. The number of nitrogens with one attached hydrogen (secondary N) is 3. The van der Waals surface area contributed by atoms with E-state index in [4.69, 9.17) is 0 Å². The van der Waals surface area contributed by atoms with Crippen LogP contribution in [-0.2, 0) is 6.42 Å². The maximum absolute atomic E-state index is 13.4. The van der Waals surface area contributed by atoms with Gasteiger partial charge < -0.3 is 15.3 Å². The van der Waals surface area contributed by atoms with Crippen molar-refractivity contribution in [2.45, 2.75) is 39.7 Å². The highest BCUT2D eigenvalue weighted by atomic mass is 16.2. The fourth-order valence-electron chi connectivity index (χ4n) is 4.80. The number of imidazole rings is 1. The van der Waals surface area contributed by atoms with Gasteiger partial charge in [-0.15, -0.1) is 0 Å². The molecule has 2 aromatic heterocycles. The van der Waals surface area contributed by atoms with Crippen LogP contribution in [0.5, 0.6) is 0 Å². The highest BCUT2D eigenvalue weighted by Gasteiger charge is 2.35. The smallest absolute Gasteiger partial charge is 0.268 e. The van der Waals surface area contributed by atoms with Crippen molar-refractivity contribution in [2.24, 2.45) is 5.41 Å². The van der Waals surface area contributed by atoms with Crippen LogP contribution in [0.3, 0.4) is 0 Å². The second kappa shape index (κ2) is 7.48. The first-order chi connectivity index (χ1) is 15.3. The molecule has 1 unspecified atom stereocenters. The van der Waals surface area contributed by atoms with E-state index in [2.05, 4.69) is 34.1 Å². The van der Waals surface area contributed by atoms with Crippen LogP contribution in [0.4, 0.5) is 0 Å². The minimum Gasteiger partial charge on any atom is -0.354 e. The Kier molecular flexibility index (Phi) is 4.73. The number of amides is 1. The first-order valence-electron chi connectivity index (χ1n) is 10.9. The van der Waals surface area contributed by atoms with Gasteiger partial charge in [0.25, 0.3) is 5.91 Å². The predicted octanol–water partition coefficient (Wildman–Crippen LogP) is 4.87. The maximum Gasteiger partial charge on any atom is 0.268 e. The minimum absolute atomic E-state index is 0.105. The zero-order chi connectivity index (χ0) is 22.5. The quantitative estimate of drug-likeness (QED) is 0.435. The fraction of sp³-hybridized carbons (Fsp3) is 0.269. The van der Waals surface area contributed by atoms with Crippen LogP contribution in [0.1, 0.15) is 69.5 Å². The molecule has 0 saturated heterocycles. The van der Waals surface area contributed by atoms with Gasteiger partial charge in [-0.25, -0.2) is 4.98 Å². The van der Waals surface area contributed by atoms with Crippen molar-refractivity contribution in [1.29, 1.82) is 0 Å². The van der Waals surface area contributed by atoms with Crippen LogP contribution in [0.25, 0.3) is 11.0 Å². The summed E-state index contributed by atoms with van der Waals surface area (Å²) >= 11 is 0. The first-order valence-corrected chi connectivity index (χ1v) is 10.9. The van der Waals surface area contributed by atoms with Crippen molar-refractivity contribution >= 4 is 22.7 Å². The van der Waals surface area contributed by atoms with Gasteiger partial charge in [0.2, 0.25) is 0 Å². The molecule has 3 N–H and O–H groups in total. The summed E-state index contributed by atoms with van der Waals surface area (Å²) < 4.78 is 0. The number of Topliss-reactive ketones (excluding diaryl/α,β-unsaturated/α-hetero) is 1. The normalized spacial score (nSPS) is 16.0. The molecule has 2 aromatic carbocycles. The van der Waals surface area contributed by atoms with Crippen molar-refractivity contribution < 1.29 is 9.59 Å². The van der Waals surface area contributed by atoms with Crippen molar-refractivity contribution in [1.82, 2.24) is 20.3 Å². The number of aromatic nitrogens is 3. The van der Waals surface area contributed by atoms with E-state index in [-0.39, 0.29) is 23.1 Å². The summed E-state index contributed by atoms with van der Waals surface area (Å²) in [5, 5.41) is 3.19. The van der Waals surface area contributed by atoms with Crippen molar-refractivity contribution in [3.05, 3.63) is 88.5 Å². The first kappa shape index (κ1) is 20.2. The molecule has 1 aliphatic carbocycles. The third-order valence-corrected chi connectivity index (χ3v) is 6.31. The van der Waals surface area contributed by atoms with Gasteiger partial charge in [-0.3, -0.25) is 9.59 Å². The number of nitrogens with zero attached hydrogens (tertiary/aromatic N) is 1. The number of aromatic amines is 2. The number of hydrogen-bond donors (Lipinski definition) is 3. The Bertz CT molecular complexity index is 1330. The molecule has 4 aromatic rings. The number of carbonyl (C=O) groups is 2. The summed E-state index contributed by atoms with van der Waals surface area (Å²) in [6, 6.07) is 15.5. The molecule has 0 aliphatic heterocycles. The Morgan fingerprint density at radius 2 is 1.88 bits per heavy atom. The fourth-order valence-corrected chi connectivity index (χ4v) is 4.80. The molecule has 6 heteroatoms. The molecule has 0 spiro atoms. The molecule has 1 aliphatic rings. The molecule has 0 saturated carbocycles. The number of carbonyl (C=O) groups excluding carboxylic acids is 2. The van der Waals surface area contributed by atoms with E-state index in [1.54, 1.807) is 6.33 Å². The minimum atomic E-state index is -0.344. The summed E-state index contributed by atoms with van der Waals surface area (Å²) in [4.78, 5) is 36.9. The Morgan fingerprint density at radius 3 is 2.66 bits per heavy atom. The zero-order valence-corrected chi connectivity index (χ0v) is 18.5. The number of benzene rings is 2. The van der Waals surface area contributed by atoms with Crippen LogP contribution in [0.15, 0.2) is 54.9 Å². The van der Waals surface area contributed by atoms with Gasteiger partial charge in [0.15, 0.2) is 5.78 Å². The van der Waals surface area contributed by atoms with Gasteiger partial charge in [-0.2, -0.15) is 0 Å². The Labute approximate surface area is 186 Å². The van der Waals surface area contributed by atoms with Crippen LogP contribution >= 0.6 is 0 Å². The van der Waals surface area contributed by atoms with E-state index in [1.807, 2.05) is 55.5 Å². The van der Waals surface area contributed by atoms with Gasteiger partial charge in [0, 0.05) is 17.7 Å². The number of H-pyrrole nitrogens is 2. The average molecular weight is 427 g/mol. The SMILES string of the molecule is Cc1c(C(=O)NC(c2ccccc2)c2ccc3nc[nH]c3c2)[nH]c2c1C(=O)CC(C)(C)C2. The van der Waals surface area contributed by atoms with Crippen molar-refractivity contribution in [3.8, 4) is 0 Å². The summed E-state index contributed by atoms with van der Waals surface area (Å²) in [5.41, 5.74) is 6.35. The van der Waals surface area contributed by atoms with Crippen molar-refractivity contribution in [2.75, 3.05) is 0 Å². The third-order valence-electron chi connectivity index (χ3n) is 6.31. The highest BCUT2D eigenvalue weighted by Crippen LogP contribution is 2.37. The number of hydrogen-bond acceptors (Lipinski definition) is 3. The lowest BCUT2D eigenvalue weighted by molar-refractivity contribution is 0.0909. The maximum atomic E-state index is 13.4. The van der Waals surface area contributed by atoms with E-state index in [0.29, 0.717) is 17.7 Å². The van der Waals surface area contributed by atoms with Crippen molar-refractivity contribution in [3.63, 3.8) is 0 Å². The molecule has 6 nitrogen and oxygen atoms in total. The largest absolute Gasteiger partial charge is 0.354 e. The molecule has 5 rings (SSSR count). The van der Waals surface area contributed by atoms with Gasteiger partial charge in [0.05, 0.1) is 23.4 Å². The molecular weight excluding hydrogens is 400 g/mol. The molecule has 32 heavy (non-hydrogen) atoms. The van der Waals surface area contributed by atoms with Gasteiger partial charge >= 0.3 is 0 Å². The molecule has 2 heterocycles. The molecule has 0 fully saturated rings. The molecular formula is C26H26N4O2. The lowest BCUT2D eigenvalue weighted by Gasteiger charge is -2.28. The van der Waals surface area contributed by atoms with E-state index in [0.717, 1.165) is 39.8 Å². The van der Waals surface area contributed by atoms with Gasteiger partial charge in [-0.05, 0) is 47.6 Å². The second-order valence-electron chi connectivity index (χ2n) is 9.42. The standard InChI is InChI=1S/C26H26N4O2/c1-15-22-20(12-26(2,3)13-21(22)31)29-23(15)25(32)30-24(16-7-5-4-6-8-16)17-9-10-18-19(11-17)28-14-27-18/h4-11,14,24,29H,12-13H2,1-3H3,(H,27,28)(H,30,32). The van der Waals surface area contributed by atoms with Crippen LogP contribution in [-0.4, -0.2) is 26.6 Å². The number of rotatable bonds is 4. The van der Waals surface area contributed by atoms with Crippen LogP contribution in [0.2, 0.25) is 0 Å². The molecule has 1 atom stereocenters. The van der Waals surface area contributed by atoms with E-state index in [1.165, 1.54) is 0 Å². The topological polar surface area (TPSA) is 90.6 Å². The number of fused-ring (bicyclic) bond motifs is 2. The Morgan fingerprint density at radius 1 is 1.09 bits per heavy atom. The van der Waals surface area contributed by atoms with Crippen LogP contribution < -0.4 is 5.32 Å². The highest BCUT2D eigenvalue weighted by molar-refractivity contribution is 6.04. The summed E-state index contributed by atoms with van der Waals surface area (Å²) in [6.07, 6.45) is 2.91. The lowest BCUT2D eigenvalue weighted by Crippen LogP contribution is -2.30. The monoisotopic (exact) mass is 426 g/mol. The Hall–Kier alpha value is -3.67. The molecule has 162 valence electrons. The molecule has 0 radical (unpaired) electrons. The lowest BCUT2D eigenvalue weighted by atomic mass is 9.75. The third kappa shape index (κ3) is 3.51. The molecule has 1 amide bonds. The zero-order valence-electron chi connectivity index (χ0n) is 18.5. The number of ketones is 1. The average Bonchev–Trinajstić information content (AvgIpc) is 3.35. The molecule has 0 bridgehead atoms. The van der Waals surface area contributed by atoms with E-state index in [9.17, 15) is 9.59 Å². The van der Waals surface area contributed by atoms with E-state index < -0.39 is 0 Å². The van der Waals surface area contributed by atoms with Gasteiger partial charge in [0.1, 0.15) is 5.69 Å². The van der Waals surface area contributed by atoms with Gasteiger partial charge in [-0.1, -0.05) is 50.2 Å². The summed E-state index contributed by atoms with van der Waals surface area (Å²) in [5.74, 6) is -0.116.